The van der Waals surface area contributed by atoms with Crippen LogP contribution in [0.25, 0.3) is 0 Å². The van der Waals surface area contributed by atoms with E-state index in [2.05, 4.69) is 0 Å². The maximum absolute atomic E-state index is 12.7. The molecule has 0 saturated heterocycles. The first kappa shape index (κ1) is 12.9. The van der Waals surface area contributed by atoms with E-state index in [4.69, 9.17) is 4.42 Å². The van der Waals surface area contributed by atoms with E-state index in [0.29, 0.717) is 18.7 Å². The third kappa shape index (κ3) is 2.12. The number of furan rings is 1. The molecule has 1 aliphatic heterocycles. The van der Waals surface area contributed by atoms with Crippen molar-refractivity contribution in [3.8, 4) is 0 Å². The summed E-state index contributed by atoms with van der Waals surface area (Å²) in [6, 6.07) is 9.30. The van der Waals surface area contributed by atoms with Crippen LogP contribution in [0.1, 0.15) is 40.6 Å². The number of carbonyl (C=O) groups excluding carboxylic acids is 1. The Labute approximate surface area is 117 Å². The van der Waals surface area contributed by atoms with Gasteiger partial charge in [-0.05, 0) is 31.9 Å². The van der Waals surface area contributed by atoms with Crippen molar-refractivity contribution in [3.63, 3.8) is 0 Å². The largest absolute Gasteiger partial charge is 0.459 e. The van der Waals surface area contributed by atoms with Crippen LogP contribution in [-0.4, -0.2) is 17.6 Å². The molecule has 0 aliphatic carbocycles. The van der Waals surface area contributed by atoms with E-state index in [0.717, 1.165) is 23.2 Å². The molecule has 0 fully saturated rings. The monoisotopic (exact) mass is 271 g/mol. The summed E-state index contributed by atoms with van der Waals surface area (Å²) in [4.78, 5) is 14.4. The quantitative estimate of drug-likeness (QED) is 0.867. The smallest absolute Gasteiger partial charge is 0.294 e. The first-order valence-corrected chi connectivity index (χ1v) is 6.81. The van der Waals surface area contributed by atoms with Gasteiger partial charge in [0.25, 0.3) is 5.91 Å². The number of para-hydroxylation sites is 1. The van der Waals surface area contributed by atoms with Crippen LogP contribution in [-0.2, 0) is 0 Å². The second-order valence-electron chi connectivity index (χ2n) is 5.11. The molecule has 20 heavy (non-hydrogen) atoms. The van der Waals surface area contributed by atoms with Gasteiger partial charge in [-0.25, -0.2) is 0 Å². The molecule has 0 spiro atoms. The van der Waals surface area contributed by atoms with Crippen molar-refractivity contribution >= 4 is 11.6 Å². The van der Waals surface area contributed by atoms with Crippen molar-refractivity contribution in [2.45, 2.75) is 25.9 Å². The summed E-state index contributed by atoms with van der Waals surface area (Å²) in [5.41, 5.74) is 2.41. The van der Waals surface area contributed by atoms with Gasteiger partial charge in [-0.2, -0.15) is 0 Å². The Balaban J connectivity index is 2.03. The molecular formula is C16H17NO3. The van der Waals surface area contributed by atoms with Gasteiger partial charge < -0.3 is 14.4 Å². The number of anilines is 1. The highest BCUT2D eigenvalue weighted by molar-refractivity contribution is 6.05. The van der Waals surface area contributed by atoms with Crippen LogP contribution in [0, 0.1) is 6.92 Å². The molecule has 4 nitrogen and oxygen atoms in total. The van der Waals surface area contributed by atoms with Gasteiger partial charge in [0, 0.05) is 23.4 Å². The fraction of sp³-hybridized carbons (Fsp3) is 0.312. The Morgan fingerprint density at radius 3 is 2.90 bits per heavy atom. The van der Waals surface area contributed by atoms with Crippen LogP contribution in [0.4, 0.5) is 5.69 Å². The average Bonchev–Trinajstić information content (AvgIpc) is 2.81. The third-order valence-electron chi connectivity index (χ3n) is 3.75. The number of benzene rings is 1. The minimum atomic E-state index is -0.512. The number of aryl methyl sites for hydroxylation is 1. The highest BCUT2D eigenvalue weighted by atomic mass is 16.3. The Morgan fingerprint density at radius 1 is 1.35 bits per heavy atom. The number of nitrogens with zero attached hydrogens (tertiary/aromatic N) is 1. The summed E-state index contributed by atoms with van der Waals surface area (Å²) < 4.78 is 5.31. The van der Waals surface area contributed by atoms with E-state index >= 15 is 0 Å². The van der Waals surface area contributed by atoms with Crippen LogP contribution in [0.5, 0.6) is 0 Å². The molecule has 4 heteroatoms. The van der Waals surface area contributed by atoms with E-state index < -0.39 is 6.10 Å². The van der Waals surface area contributed by atoms with Gasteiger partial charge in [0.05, 0.1) is 12.4 Å². The van der Waals surface area contributed by atoms with E-state index in [-0.39, 0.29) is 5.91 Å². The van der Waals surface area contributed by atoms with Crippen LogP contribution in [0.2, 0.25) is 0 Å². The van der Waals surface area contributed by atoms with Crippen LogP contribution in [0.3, 0.4) is 0 Å². The SMILES string of the molecule is Cc1ccoc1C(=O)N1CCCC(O)c2ccccc21. The van der Waals surface area contributed by atoms with Gasteiger partial charge in [-0.15, -0.1) is 0 Å². The second-order valence-corrected chi connectivity index (χ2v) is 5.11. The molecule has 1 aromatic carbocycles. The summed E-state index contributed by atoms with van der Waals surface area (Å²) in [6.07, 6.45) is 2.45. The minimum Gasteiger partial charge on any atom is -0.459 e. The number of aliphatic hydroxyl groups excluding tert-OH is 1. The van der Waals surface area contributed by atoms with Crippen molar-refractivity contribution < 1.29 is 14.3 Å². The van der Waals surface area contributed by atoms with Crippen LogP contribution < -0.4 is 4.90 Å². The first-order valence-electron chi connectivity index (χ1n) is 6.81. The molecular weight excluding hydrogens is 254 g/mol. The lowest BCUT2D eigenvalue weighted by atomic mass is 10.0. The predicted molar refractivity (Wildman–Crippen MR) is 75.8 cm³/mol. The Hall–Kier alpha value is -2.07. The van der Waals surface area contributed by atoms with Crippen LogP contribution in [0.15, 0.2) is 41.0 Å². The molecule has 2 aromatic rings. The van der Waals surface area contributed by atoms with E-state index in [1.807, 2.05) is 31.2 Å². The Kier molecular flexibility index (Phi) is 3.32. The van der Waals surface area contributed by atoms with Gasteiger partial charge in [0.1, 0.15) is 0 Å². The number of hydrogen-bond acceptors (Lipinski definition) is 3. The molecule has 104 valence electrons. The van der Waals surface area contributed by atoms with Crippen molar-refractivity contribution in [2.24, 2.45) is 0 Å². The number of amides is 1. The zero-order valence-electron chi connectivity index (χ0n) is 11.4. The second kappa shape index (κ2) is 5.13. The van der Waals surface area contributed by atoms with Crippen molar-refractivity contribution in [2.75, 3.05) is 11.4 Å². The number of aliphatic hydroxyl groups is 1. The molecule has 0 radical (unpaired) electrons. The lowest BCUT2D eigenvalue weighted by molar-refractivity contribution is 0.0959. The highest BCUT2D eigenvalue weighted by Gasteiger charge is 2.27. The normalized spacial score (nSPS) is 18.5. The lowest BCUT2D eigenvalue weighted by Gasteiger charge is -2.22. The predicted octanol–water partition coefficient (Wildman–Crippen LogP) is 3.06. The summed E-state index contributed by atoms with van der Waals surface area (Å²) in [5.74, 6) is 0.227. The van der Waals surface area contributed by atoms with Crippen LogP contribution >= 0.6 is 0 Å². The minimum absolute atomic E-state index is 0.144. The van der Waals surface area contributed by atoms with E-state index in [1.54, 1.807) is 11.0 Å². The van der Waals surface area contributed by atoms with E-state index in [1.165, 1.54) is 6.26 Å². The molecule has 0 saturated carbocycles. The van der Waals surface area contributed by atoms with Gasteiger partial charge in [0.2, 0.25) is 0 Å². The fourth-order valence-corrected chi connectivity index (χ4v) is 2.66. The lowest BCUT2D eigenvalue weighted by Crippen LogP contribution is -2.31. The van der Waals surface area contributed by atoms with Gasteiger partial charge in [0.15, 0.2) is 5.76 Å². The molecule has 1 N–H and O–H groups in total. The first-order chi connectivity index (χ1) is 9.68. The zero-order valence-corrected chi connectivity index (χ0v) is 11.4. The molecule has 1 aliphatic rings. The van der Waals surface area contributed by atoms with Gasteiger partial charge >= 0.3 is 0 Å². The number of fused-ring (bicyclic) bond motifs is 1. The Morgan fingerprint density at radius 2 is 2.15 bits per heavy atom. The summed E-state index contributed by atoms with van der Waals surface area (Å²) in [6.45, 7) is 2.45. The molecule has 2 heterocycles. The summed E-state index contributed by atoms with van der Waals surface area (Å²) in [7, 11) is 0. The van der Waals surface area contributed by atoms with E-state index in [9.17, 15) is 9.90 Å². The number of rotatable bonds is 1. The summed E-state index contributed by atoms with van der Waals surface area (Å²) >= 11 is 0. The van der Waals surface area contributed by atoms with Gasteiger partial charge in [-0.3, -0.25) is 4.79 Å². The average molecular weight is 271 g/mol. The topological polar surface area (TPSA) is 53.7 Å². The van der Waals surface area contributed by atoms with Crippen molar-refractivity contribution in [3.05, 3.63) is 53.5 Å². The molecule has 1 amide bonds. The zero-order chi connectivity index (χ0) is 14.1. The third-order valence-corrected chi connectivity index (χ3v) is 3.75. The van der Waals surface area contributed by atoms with Crippen molar-refractivity contribution in [1.29, 1.82) is 0 Å². The number of carbonyl (C=O) groups is 1. The molecule has 1 aromatic heterocycles. The Bertz CT molecular complexity index is 632. The highest BCUT2D eigenvalue weighted by Crippen LogP contribution is 2.33. The van der Waals surface area contributed by atoms with Crippen molar-refractivity contribution in [1.82, 2.24) is 0 Å². The standard InChI is InChI=1S/C16H17NO3/c1-11-8-10-20-15(11)16(19)17-9-4-7-14(18)12-5-2-3-6-13(12)17/h2-3,5-6,8,10,14,18H,4,7,9H2,1H3. The maximum atomic E-state index is 12.7. The maximum Gasteiger partial charge on any atom is 0.294 e. The molecule has 3 rings (SSSR count). The van der Waals surface area contributed by atoms with Gasteiger partial charge in [-0.1, -0.05) is 18.2 Å². The fourth-order valence-electron chi connectivity index (χ4n) is 2.66. The molecule has 0 bridgehead atoms. The molecule has 1 unspecified atom stereocenters. The summed E-state index contributed by atoms with van der Waals surface area (Å²) in [5, 5.41) is 10.2. The number of hydrogen-bond donors (Lipinski definition) is 1. The molecule has 1 atom stereocenters.